The first-order valence-corrected chi connectivity index (χ1v) is 8.74. The van der Waals surface area contributed by atoms with Gasteiger partial charge in [0, 0.05) is 19.8 Å². The zero-order chi connectivity index (χ0) is 14.9. The van der Waals surface area contributed by atoms with E-state index in [1.807, 2.05) is 0 Å². The summed E-state index contributed by atoms with van der Waals surface area (Å²) in [5.74, 6) is 0.291. The SMILES string of the molecule is COCCC(C)N1C(=O)C2(CCCC2)NC1c1ccsc1. The van der Waals surface area contributed by atoms with Gasteiger partial charge in [0.1, 0.15) is 6.17 Å². The fraction of sp³-hybridized carbons (Fsp3) is 0.688. The standard InChI is InChI=1S/C16H24N2O2S/c1-12(5-9-20-2)18-14(13-6-10-21-11-13)17-16(15(18)19)7-3-4-8-16/h6,10-12,14,17H,3-5,7-9H2,1-2H3. The average molecular weight is 308 g/mol. The van der Waals surface area contributed by atoms with Crippen LogP contribution in [-0.4, -0.2) is 36.1 Å². The number of carbonyl (C=O) groups excluding carboxylic acids is 1. The first-order valence-electron chi connectivity index (χ1n) is 7.79. The second-order valence-corrected chi connectivity index (χ2v) is 7.02. The van der Waals surface area contributed by atoms with Crippen molar-refractivity contribution in [2.45, 2.75) is 56.8 Å². The molecule has 0 bridgehead atoms. The van der Waals surface area contributed by atoms with E-state index in [1.165, 1.54) is 5.56 Å². The number of thiophene rings is 1. The summed E-state index contributed by atoms with van der Waals surface area (Å²) in [5, 5.41) is 7.90. The molecule has 2 unspecified atom stereocenters. The van der Waals surface area contributed by atoms with Gasteiger partial charge in [-0.15, -0.1) is 0 Å². The van der Waals surface area contributed by atoms with Crippen LogP contribution < -0.4 is 5.32 Å². The van der Waals surface area contributed by atoms with Crippen molar-refractivity contribution in [2.75, 3.05) is 13.7 Å². The summed E-state index contributed by atoms with van der Waals surface area (Å²) in [6, 6.07) is 2.31. The Morgan fingerprint density at radius 1 is 1.52 bits per heavy atom. The minimum atomic E-state index is -0.312. The van der Waals surface area contributed by atoms with E-state index in [1.54, 1.807) is 18.4 Å². The summed E-state index contributed by atoms with van der Waals surface area (Å²) >= 11 is 1.69. The fourth-order valence-corrected chi connectivity index (χ4v) is 4.33. The molecule has 1 aromatic rings. The summed E-state index contributed by atoms with van der Waals surface area (Å²) in [5.41, 5.74) is 0.898. The Morgan fingerprint density at radius 3 is 2.90 bits per heavy atom. The van der Waals surface area contributed by atoms with Crippen molar-refractivity contribution in [3.63, 3.8) is 0 Å². The van der Waals surface area contributed by atoms with E-state index < -0.39 is 0 Å². The van der Waals surface area contributed by atoms with Crippen molar-refractivity contribution in [1.29, 1.82) is 0 Å². The molecule has 5 heteroatoms. The molecule has 1 N–H and O–H groups in total. The van der Waals surface area contributed by atoms with Gasteiger partial charge >= 0.3 is 0 Å². The molecule has 2 aliphatic rings. The van der Waals surface area contributed by atoms with Gasteiger partial charge in [0.05, 0.1) is 5.54 Å². The Labute approximate surface area is 130 Å². The number of ether oxygens (including phenoxy) is 1. The molecular formula is C16H24N2O2S. The number of methoxy groups -OCH3 is 1. The minimum Gasteiger partial charge on any atom is -0.385 e. The van der Waals surface area contributed by atoms with Gasteiger partial charge in [0.2, 0.25) is 5.91 Å². The molecule has 21 heavy (non-hydrogen) atoms. The quantitative estimate of drug-likeness (QED) is 0.909. The lowest BCUT2D eigenvalue weighted by molar-refractivity contribution is -0.135. The number of hydrogen-bond donors (Lipinski definition) is 1. The molecule has 1 spiro atoms. The van der Waals surface area contributed by atoms with Gasteiger partial charge in [-0.25, -0.2) is 0 Å². The second kappa shape index (κ2) is 6.07. The van der Waals surface area contributed by atoms with Crippen LogP contribution in [0.15, 0.2) is 16.8 Å². The maximum absolute atomic E-state index is 13.1. The Kier molecular flexibility index (Phi) is 4.33. The summed E-state index contributed by atoms with van der Waals surface area (Å²) < 4.78 is 5.19. The zero-order valence-corrected chi connectivity index (χ0v) is 13.6. The van der Waals surface area contributed by atoms with Crippen molar-refractivity contribution in [1.82, 2.24) is 10.2 Å². The number of hydrogen-bond acceptors (Lipinski definition) is 4. The predicted octanol–water partition coefficient (Wildman–Crippen LogP) is 2.92. The number of nitrogens with one attached hydrogen (secondary N) is 1. The van der Waals surface area contributed by atoms with Crippen molar-refractivity contribution in [3.8, 4) is 0 Å². The molecule has 1 aliphatic heterocycles. The van der Waals surface area contributed by atoms with E-state index in [0.717, 1.165) is 32.1 Å². The molecule has 1 saturated carbocycles. The number of nitrogens with zero attached hydrogens (tertiary/aromatic N) is 1. The van der Waals surface area contributed by atoms with Crippen LogP contribution in [0.5, 0.6) is 0 Å². The first kappa shape index (κ1) is 15.0. The second-order valence-electron chi connectivity index (χ2n) is 6.24. The van der Waals surface area contributed by atoms with E-state index in [0.29, 0.717) is 12.5 Å². The van der Waals surface area contributed by atoms with E-state index in [-0.39, 0.29) is 17.7 Å². The molecule has 2 atom stereocenters. The van der Waals surface area contributed by atoms with E-state index in [2.05, 4.69) is 34.0 Å². The third-order valence-electron chi connectivity index (χ3n) is 4.87. The fourth-order valence-electron chi connectivity index (χ4n) is 3.65. The molecule has 1 aliphatic carbocycles. The van der Waals surface area contributed by atoms with Crippen LogP contribution in [0.2, 0.25) is 0 Å². The molecular weight excluding hydrogens is 284 g/mol. The van der Waals surface area contributed by atoms with Crippen LogP contribution in [0.3, 0.4) is 0 Å². The van der Waals surface area contributed by atoms with Gasteiger partial charge in [-0.05, 0) is 48.6 Å². The van der Waals surface area contributed by atoms with Crippen molar-refractivity contribution >= 4 is 17.2 Å². The van der Waals surface area contributed by atoms with E-state index >= 15 is 0 Å². The lowest BCUT2D eigenvalue weighted by Gasteiger charge is -2.30. The lowest BCUT2D eigenvalue weighted by Crippen LogP contribution is -2.45. The highest BCUT2D eigenvalue weighted by atomic mass is 32.1. The Balaban J connectivity index is 1.87. The van der Waals surface area contributed by atoms with Gasteiger partial charge in [-0.3, -0.25) is 10.1 Å². The molecule has 2 heterocycles. The zero-order valence-electron chi connectivity index (χ0n) is 12.8. The molecule has 1 saturated heterocycles. The molecule has 0 aromatic carbocycles. The molecule has 3 rings (SSSR count). The monoisotopic (exact) mass is 308 g/mol. The largest absolute Gasteiger partial charge is 0.385 e. The minimum absolute atomic E-state index is 0.0220. The van der Waals surface area contributed by atoms with Gasteiger partial charge in [-0.2, -0.15) is 11.3 Å². The van der Waals surface area contributed by atoms with Crippen LogP contribution in [0.25, 0.3) is 0 Å². The first-order chi connectivity index (χ1) is 10.2. The van der Waals surface area contributed by atoms with E-state index in [4.69, 9.17) is 4.74 Å². The van der Waals surface area contributed by atoms with Crippen LogP contribution in [-0.2, 0) is 9.53 Å². The van der Waals surface area contributed by atoms with Crippen LogP contribution in [0, 0.1) is 0 Å². The Bertz CT molecular complexity index is 482. The van der Waals surface area contributed by atoms with Crippen LogP contribution in [0.1, 0.15) is 50.8 Å². The van der Waals surface area contributed by atoms with Gasteiger partial charge < -0.3 is 9.64 Å². The van der Waals surface area contributed by atoms with Crippen molar-refractivity contribution < 1.29 is 9.53 Å². The predicted molar refractivity (Wildman–Crippen MR) is 84.2 cm³/mol. The molecule has 116 valence electrons. The highest BCUT2D eigenvalue weighted by molar-refractivity contribution is 7.07. The van der Waals surface area contributed by atoms with Gasteiger partial charge in [-0.1, -0.05) is 12.8 Å². The van der Waals surface area contributed by atoms with Crippen LogP contribution in [0.4, 0.5) is 0 Å². The third-order valence-corrected chi connectivity index (χ3v) is 5.57. The highest BCUT2D eigenvalue weighted by Gasteiger charge is 2.53. The van der Waals surface area contributed by atoms with Crippen molar-refractivity contribution in [3.05, 3.63) is 22.4 Å². The van der Waals surface area contributed by atoms with E-state index in [9.17, 15) is 4.79 Å². The summed E-state index contributed by atoms with van der Waals surface area (Å²) in [7, 11) is 1.71. The molecule has 1 amide bonds. The maximum Gasteiger partial charge on any atom is 0.244 e. The molecule has 4 nitrogen and oxygen atoms in total. The Hall–Kier alpha value is -0.910. The topological polar surface area (TPSA) is 41.6 Å². The van der Waals surface area contributed by atoms with Crippen molar-refractivity contribution in [2.24, 2.45) is 0 Å². The number of amides is 1. The normalized spacial score (nSPS) is 25.9. The smallest absolute Gasteiger partial charge is 0.244 e. The third kappa shape index (κ3) is 2.62. The number of rotatable bonds is 5. The summed E-state index contributed by atoms with van der Waals surface area (Å²) in [6.07, 6.45) is 5.14. The Morgan fingerprint density at radius 2 is 2.29 bits per heavy atom. The van der Waals surface area contributed by atoms with Gasteiger partial charge in [0.15, 0.2) is 0 Å². The molecule has 0 radical (unpaired) electrons. The number of carbonyl (C=O) groups is 1. The summed E-state index contributed by atoms with van der Waals surface area (Å²) in [6.45, 7) is 2.82. The highest BCUT2D eigenvalue weighted by Crippen LogP contribution is 2.42. The van der Waals surface area contributed by atoms with Gasteiger partial charge in [0.25, 0.3) is 0 Å². The average Bonchev–Trinajstić information content (AvgIpc) is 3.19. The lowest BCUT2D eigenvalue weighted by atomic mass is 9.97. The maximum atomic E-state index is 13.1. The van der Waals surface area contributed by atoms with Crippen LogP contribution >= 0.6 is 11.3 Å². The summed E-state index contributed by atoms with van der Waals surface area (Å²) in [4.78, 5) is 15.1. The molecule has 1 aromatic heterocycles. The molecule has 2 fully saturated rings.